The van der Waals surface area contributed by atoms with Crippen molar-refractivity contribution in [3.05, 3.63) is 41.7 Å². The summed E-state index contributed by atoms with van der Waals surface area (Å²) >= 11 is 0. The van der Waals surface area contributed by atoms with Crippen LogP contribution in [0.25, 0.3) is 0 Å². The molecule has 0 saturated heterocycles. The van der Waals surface area contributed by atoms with Gasteiger partial charge in [0.15, 0.2) is 0 Å². The second kappa shape index (κ2) is 6.51. The van der Waals surface area contributed by atoms with Crippen molar-refractivity contribution in [2.75, 3.05) is 0 Å². The van der Waals surface area contributed by atoms with Crippen LogP contribution in [0.4, 0.5) is 0 Å². The van der Waals surface area contributed by atoms with Crippen molar-refractivity contribution in [3.63, 3.8) is 0 Å². The number of carboxylic acid groups (broad SMARTS) is 1. The molecule has 4 aliphatic carbocycles. The van der Waals surface area contributed by atoms with E-state index in [0.717, 1.165) is 29.9 Å². The van der Waals surface area contributed by atoms with Gasteiger partial charge in [-0.2, -0.15) is 0 Å². The van der Waals surface area contributed by atoms with E-state index in [-0.39, 0.29) is 0 Å². The third-order valence-electron chi connectivity index (χ3n) is 6.53. The van der Waals surface area contributed by atoms with Crippen LogP contribution in [0, 0.1) is 17.8 Å². The average molecular weight is 340 g/mol. The Morgan fingerprint density at radius 3 is 2.16 bits per heavy atom. The number of benzene rings is 1. The Kier molecular flexibility index (Phi) is 4.35. The van der Waals surface area contributed by atoms with Crippen LogP contribution in [0.1, 0.15) is 63.9 Å². The van der Waals surface area contributed by atoms with Crippen LogP contribution < -0.4 is 4.74 Å². The Labute approximate surface area is 150 Å². The molecule has 4 aliphatic rings. The molecule has 1 aromatic rings. The van der Waals surface area contributed by atoms with Gasteiger partial charge in [0.2, 0.25) is 0 Å². The minimum atomic E-state index is -0.950. The minimum absolute atomic E-state index is 0.399. The normalized spacial score (nSPS) is 33.5. The summed E-state index contributed by atoms with van der Waals surface area (Å²) in [6.07, 6.45) is 11.1. The van der Waals surface area contributed by atoms with Crippen LogP contribution in [0.5, 0.6) is 5.75 Å². The van der Waals surface area contributed by atoms with Gasteiger partial charge in [0.1, 0.15) is 11.5 Å². The van der Waals surface area contributed by atoms with Gasteiger partial charge < -0.3 is 9.84 Å². The molecule has 0 heterocycles. The van der Waals surface area contributed by atoms with E-state index >= 15 is 0 Å². The number of hydrogen-bond donors (Lipinski definition) is 1. The predicted octanol–water partition coefficient (Wildman–Crippen LogP) is 5.30. The lowest BCUT2D eigenvalue weighted by atomic mass is 9.48. The first-order valence-corrected chi connectivity index (χ1v) is 9.78. The highest BCUT2D eigenvalue weighted by atomic mass is 16.5. The van der Waals surface area contributed by atoms with Crippen molar-refractivity contribution in [2.24, 2.45) is 17.8 Å². The van der Waals surface area contributed by atoms with E-state index in [1.54, 1.807) is 0 Å². The maximum Gasteiger partial charge on any atom is 0.331 e. The van der Waals surface area contributed by atoms with Crippen molar-refractivity contribution in [2.45, 2.75) is 63.7 Å². The molecule has 0 amide bonds. The van der Waals surface area contributed by atoms with Crippen LogP contribution in [0.2, 0.25) is 0 Å². The number of carbonyl (C=O) groups is 1. The predicted molar refractivity (Wildman–Crippen MR) is 97.5 cm³/mol. The Morgan fingerprint density at radius 2 is 1.68 bits per heavy atom. The van der Waals surface area contributed by atoms with Crippen LogP contribution in [-0.4, -0.2) is 11.1 Å². The number of aliphatic carboxylic acids is 1. The molecule has 3 nitrogen and oxygen atoms in total. The van der Waals surface area contributed by atoms with E-state index in [0.29, 0.717) is 17.6 Å². The van der Waals surface area contributed by atoms with Crippen molar-refractivity contribution in [3.8, 4) is 5.75 Å². The Hall–Kier alpha value is -1.77. The molecule has 134 valence electrons. The van der Waals surface area contributed by atoms with Gasteiger partial charge in [-0.1, -0.05) is 19.1 Å². The van der Waals surface area contributed by atoms with Gasteiger partial charge in [0, 0.05) is 6.42 Å². The van der Waals surface area contributed by atoms with Gasteiger partial charge in [-0.05, 0) is 85.8 Å². The summed E-state index contributed by atoms with van der Waals surface area (Å²) in [4.78, 5) is 10.9. The lowest BCUT2D eigenvalue weighted by Crippen LogP contribution is -2.48. The number of hydrogen-bond acceptors (Lipinski definition) is 2. The summed E-state index contributed by atoms with van der Waals surface area (Å²) in [5.41, 5.74) is 1.87. The first kappa shape index (κ1) is 16.7. The molecule has 0 spiro atoms. The highest BCUT2D eigenvalue weighted by Crippen LogP contribution is 2.60. The molecule has 0 unspecified atom stereocenters. The molecule has 4 fully saturated rings. The van der Waals surface area contributed by atoms with E-state index in [2.05, 4.69) is 12.1 Å². The standard InChI is InChI=1S/C22H28O3/c1-2-3-20(11-21(23)24)25-19-6-4-18(5-7-19)22-12-15-8-16(13-22)10-17(9-15)14-22/h4-7,11,15-17H,2-3,8-10,12-14H2,1H3,(H,23,24). The Morgan fingerprint density at radius 1 is 1.12 bits per heavy atom. The molecule has 1 N–H and O–H groups in total. The van der Waals surface area contributed by atoms with Crippen LogP contribution in [-0.2, 0) is 10.2 Å². The zero-order chi connectivity index (χ0) is 17.4. The van der Waals surface area contributed by atoms with Crippen molar-refractivity contribution in [1.29, 1.82) is 0 Å². The van der Waals surface area contributed by atoms with Gasteiger partial charge in [-0.15, -0.1) is 0 Å². The molecule has 4 saturated carbocycles. The number of rotatable bonds is 6. The van der Waals surface area contributed by atoms with Gasteiger partial charge in [0.05, 0.1) is 6.08 Å². The topological polar surface area (TPSA) is 46.5 Å². The molecule has 1 aromatic carbocycles. The fraction of sp³-hybridized carbons (Fsp3) is 0.591. The van der Waals surface area contributed by atoms with Crippen LogP contribution in [0.3, 0.4) is 0 Å². The van der Waals surface area contributed by atoms with Gasteiger partial charge >= 0.3 is 5.97 Å². The highest BCUT2D eigenvalue weighted by Gasteiger charge is 2.51. The number of carboxylic acids is 1. The quantitative estimate of drug-likeness (QED) is 0.564. The second-order valence-electron chi connectivity index (χ2n) is 8.52. The van der Waals surface area contributed by atoms with Crippen molar-refractivity contribution >= 4 is 5.97 Å². The monoisotopic (exact) mass is 340 g/mol. The zero-order valence-corrected chi connectivity index (χ0v) is 15.0. The summed E-state index contributed by atoms with van der Waals surface area (Å²) in [7, 11) is 0. The summed E-state index contributed by atoms with van der Waals surface area (Å²) in [5.74, 6) is 3.14. The summed E-state index contributed by atoms with van der Waals surface area (Å²) in [6, 6.07) is 8.51. The molecule has 0 radical (unpaired) electrons. The van der Waals surface area contributed by atoms with Crippen molar-refractivity contribution < 1.29 is 14.6 Å². The smallest absolute Gasteiger partial charge is 0.331 e. The maximum absolute atomic E-state index is 10.9. The van der Waals surface area contributed by atoms with Crippen LogP contribution in [0.15, 0.2) is 36.1 Å². The summed E-state index contributed by atoms with van der Waals surface area (Å²) in [6.45, 7) is 2.02. The third-order valence-corrected chi connectivity index (χ3v) is 6.53. The average Bonchev–Trinajstić information content (AvgIpc) is 2.54. The molecule has 4 bridgehead atoms. The molecule has 0 aromatic heterocycles. The fourth-order valence-electron chi connectivity index (χ4n) is 6.03. The molecular weight excluding hydrogens is 312 g/mol. The maximum atomic E-state index is 10.9. The summed E-state index contributed by atoms with van der Waals surface area (Å²) in [5, 5.41) is 8.97. The van der Waals surface area contributed by atoms with E-state index in [1.807, 2.05) is 19.1 Å². The van der Waals surface area contributed by atoms with Gasteiger partial charge in [-0.25, -0.2) is 4.79 Å². The van der Waals surface area contributed by atoms with E-state index in [4.69, 9.17) is 9.84 Å². The lowest BCUT2D eigenvalue weighted by Gasteiger charge is -2.57. The summed E-state index contributed by atoms with van der Waals surface area (Å²) < 4.78 is 5.82. The first-order chi connectivity index (χ1) is 12.1. The van der Waals surface area contributed by atoms with Crippen LogP contribution >= 0.6 is 0 Å². The van der Waals surface area contributed by atoms with Gasteiger partial charge in [0.25, 0.3) is 0 Å². The molecule has 3 heteroatoms. The molecule has 0 aliphatic heterocycles. The van der Waals surface area contributed by atoms with E-state index in [1.165, 1.54) is 50.2 Å². The van der Waals surface area contributed by atoms with Gasteiger partial charge in [-0.3, -0.25) is 0 Å². The lowest BCUT2D eigenvalue weighted by molar-refractivity contribution is -0.131. The third kappa shape index (κ3) is 3.33. The Balaban J connectivity index is 1.51. The van der Waals surface area contributed by atoms with E-state index < -0.39 is 5.97 Å². The number of ether oxygens (including phenoxy) is 1. The molecule has 25 heavy (non-hydrogen) atoms. The molecule has 5 rings (SSSR count). The molecule has 0 atom stereocenters. The first-order valence-electron chi connectivity index (χ1n) is 9.78. The number of allylic oxidation sites excluding steroid dienone is 1. The van der Waals surface area contributed by atoms with E-state index in [9.17, 15) is 4.79 Å². The zero-order valence-electron chi connectivity index (χ0n) is 15.0. The Bertz CT molecular complexity index is 636. The second-order valence-corrected chi connectivity index (χ2v) is 8.52. The minimum Gasteiger partial charge on any atom is -0.478 e. The highest BCUT2D eigenvalue weighted by molar-refractivity contribution is 5.80. The van der Waals surface area contributed by atoms with Crippen molar-refractivity contribution in [1.82, 2.24) is 0 Å². The SMILES string of the molecule is CCCC(=CC(=O)O)Oc1ccc(C23CC4CC(CC(C4)C2)C3)cc1. The fourth-order valence-corrected chi connectivity index (χ4v) is 6.03. The molecular formula is C22H28O3. The largest absolute Gasteiger partial charge is 0.478 e.